The Balaban J connectivity index is 1.49. The second kappa shape index (κ2) is 8.11. The molecular weight excluding hydrogens is 346 g/mol. The summed E-state index contributed by atoms with van der Waals surface area (Å²) in [4.78, 5) is 20.2. The molecule has 3 rings (SSSR count). The van der Waals surface area contributed by atoms with Crippen LogP contribution < -0.4 is 5.32 Å². The van der Waals surface area contributed by atoms with E-state index in [0.717, 1.165) is 22.9 Å². The van der Waals surface area contributed by atoms with Crippen molar-refractivity contribution in [1.82, 2.24) is 20.1 Å². The molecule has 0 saturated heterocycles. The van der Waals surface area contributed by atoms with E-state index in [2.05, 4.69) is 15.5 Å². The number of methoxy groups -OCH3 is 1. The molecule has 9 heteroatoms. The first-order valence-corrected chi connectivity index (χ1v) is 9.54. The van der Waals surface area contributed by atoms with Gasteiger partial charge in [0.15, 0.2) is 0 Å². The molecule has 1 N–H and O–H groups in total. The van der Waals surface area contributed by atoms with E-state index in [1.165, 1.54) is 34.7 Å². The van der Waals surface area contributed by atoms with E-state index in [-0.39, 0.29) is 5.91 Å². The molecule has 0 aliphatic heterocycles. The Morgan fingerprint density at radius 3 is 2.88 bits per heavy atom. The second-order valence-corrected chi connectivity index (χ2v) is 8.07. The zero-order valence-electron chi connectivity index (χ0n) is 13.9. The number of aryl methyl sites for hydroxylation is 2. The zero-order valence-corrected chi connectivity index (χ0v) is 15.5. The molecule has 0 radical (unpaired) electrons. The van der Waals surface area contributed by atoms with Gasteiger partial charge in [-0.2, -0.15) is 0 Å². The van der Waals surface area contributed by atoms with Gasteiger partial charge in [0.25, 0.3) is 0 Å². The van der Waals surface area contributed by atoms with Gasteiger partial charge in [-0.25, -0.2) is 4.98 Å². The van der Waals surface area contributed by atoms with Crippen molar-refractivity contribution < 1.29 is 9.53 Å². The maximum Gasteiger partial charge on any atom is 0.240 e. The Morgan fingerprint density at radius 1 is 1.25 bits per heavy atom. The molecule has 1 amide bonds. The number of carbonyl (C=O) groups excluding carboxylic acids is 1. The number of hydrogen-bond donors (Lipinski definition) is 1. The third-order valence-corrected chi connectivity index (χ3v) is 5.64. The Kier molecular flexibility index (Phi) is 5.88. The quantitative estimate of drug-likeness (QED) is 0.807. The van der Waals surface area contributed by atoms with Crippen molar-refractivity contribution in [2.75, 3.05) is 26.0 Å². The average molecular weight is 368 g/mol. The molecule has 130 valence electrons. The molecule has 0 atom stereocenters. The van der Waals surface area contributed by atoms with Crippen molar-refractivity contribution >= 4 is 33.7 Å². The van der Waals surface area contributed by atoms with Crippen molar-refractivity contribution in [3.8, 4) is 0 Å². The van der Waals surface area contributed by atoms with Crippen LogP contribution in [0.3, 0.4) is 0 Å². The molecule has 1 aliphatic carbocycles. The Bertz CT molecular complexity index is 676. The van der Waals surface area contributed by atoms with Crippen LogP contribution in [0.15, 0.2) is 0 Å². The number of nitrogens with zero attached hydrogens (tertiary/aromatic N) is 4. The number of amides is 1. The van der Waals surface area contributed by atoms with Crippen LogP contribution in [0, 0.1) is 0 Å². The minimum absolute atomic E-state index is 0.0982. The summed E-state index contributed by atoms with van der Waals surface area (Å²) in [5, 5.41) is 13.0. The highest BCUT2D eigenvalue weighted by atomic mass is 32.1. The van der Waals surface area contributed by atoms with Gasteiger partial charge < -0.3 is 4.74 Å². The van der Waals surface area contributed by atoms with Crippen molar-refractivity contribution in [3.63, 3.8) is 0 Å². The highest BCUT2D eigenvalue weighted by molar-refractivity contribution is 7.15. The number of anilines is 1. The first-order valence-electron chi connectivity index (χ1n) is 7.91. The first kappa shape index (κ1) is 17.4. The van der Waals surface area contributed by atoms with Crippen molar-refractivity contribution in [2.45, 2.75) is 38.8 Å². The predicted octanol–water partition coefficient (Wildman–Crippen LogP) is 2.09. The number of thiazole rings is 1. The van der Waals surface area contributed by atoms with Gasteiger partial charge in [-0.1, -0.05) is 11.3 Å². The van der Waals surface area contributed by atoms with Crippen LogP contribution in [0.2, 0.25) is 0 Å². The number of fused-ring (bicyclic) bond motifs is 1. The van der Waals surface area contributed by atoms with Crippen LogP contribution in [-0.2, 0) is 35.5 Å². The van der Waals surface area contributed by atoms with E-state index in [4.69, 9.17) is 9.72 Å². The lowest BCUT2D eigenvalue weighted by molar-refractivity contribution is -0.117. The van der Waals surface area contributed by atoms with Crippen molar-refractivity contribution in [1.29, 1.82) is 0 Å². The molecule has 0 bridgehead atoms. The van der Waals surface area contributed by atoms with Crippen LogP contribution in [0.4, 0.5) is 5.13 Å². The summed E-state index contributed by atoms with van der Waals surface area (Å²) in [6, 6.07) is 0. The number of likely N-dealkylation sites (N-methyl/N-ethyl adjacent to an activating group) is 1. The number of nitrogens with one attached hydrogen (secondary N) is 1. The Labute approximate surface area is 149 Å². The minimum atomic E-state index is -0.0982. The van der Waals surface area contributed by atoms with E-state index in [1.807, 2.05) is 11.9 Å². The van der Waals surface area contributed by atoms with Crippen molar-refractivity contribution in [3.05, 3.63) is 20.6 Å². The third kappa shape index (κ3) is 4.56. The molecule has 24 heavy (non-hydrogen) atoms. The summed E-state index contributed by atoms with van der Waals surface area (Å²) >= 11 is 3.11. The number of aromatic nitrogens is 3. The van der Waals surface area contributed by atoms with Gasteiger partial charge in [0.2, 0.25) is 11.0 Å². The molecule has 0 aromatic carbocycles. The summed E-state index contributed by atoms with van der Waals surface area (Å²) in [5.41, 5.74) is 1.26. The van der Waals surface area contributed by atoms with E-state index >= 15 is 0 Å². The largest absolute Gasteiger partial charge is 0.377 e. The highest BCUT2D eigenvalue weighted by Crippen LogP contribution is 2.27. The van der Waals surface area contributed by atoms with E-state index in [1.54, 1.807) is 18.4 Å². The van der Waals surface area contributed by atoms with Crippen LogP contribution in [-0.4, -0.2) is 46.7 Å². The number of rotatable bonds is 7. The van der Waals surface area contributed by atoms with Crippen molar-refractivity contribution in [2.24, 2.45) is 0 Å². The van der Waals surface area contributed by atoms with E-state index in [9.17, 15) is 4.79 Å². The van der Waals surface area contributed by atoms with Crippen LogP contribution in [0.1, 0.15) is 33.4 Å². The van der Waals surface area contributed by atoms with Gasteiger partial charge >= 0.3 is 0 Å². The lowest BCUT2D eigenvalue weighted by Gasteiger charge is -2.13. The van der Waals surface area contributed by atoms with Gasteiger partial charge in [-0.05, 0) is 32.7 Å². The molecule has 0 fully saturated rings. The maximum atomic E-state index is 12.1. The third-order valence-electron chi connectivity index (χ3n) is 3.69. The maximum absolute atomic E-state index is 12.1. The first-order chi connectivity index (χ1) is 11.6. The molecule has 7 nitrogen and oxygen atoms in total. The second-order valence-electron chi connectivity index (χ2n) is 5.84. The normalized spacial score (nSPS) is 14.0. The topological polar surface area (TPSA) is 80.2 Å². The summed E-state index contributed by atoms with van der Waals surface area (Å²) in [5.74, 6) is -0.0982. The smallest absolute Gasteiger partial charge is 0.240 e. The molecule has 1 aliphatic rings. The van der Waals surface area contributed by atoms with Crippen LogP contribution in [0.25, 0.3) is 0 Å². The zero-order chi connectivity index (χ0) is 16.9. The van der Waals surface area contributed by atoms with Gasteiger partial charge in [0, 0.05) is 12.0 Å². The number of hydrogen-bond acceptors (Lipinski definition) is 8. The van der Waals surface area contributed by atoms with Crippen LogP contribution >= 0.6 is 22.7 Å². The van der Waals surface area contributed by atoms with Crippen LogP contribution in [0.5, 0.6) is 0 Å². The molecule has 2 aromatic heterocycles. The summed E-state index contributed by atoms with van der Waals surface area (Å²) < 4.78 is 4.99. The van der Waals surface area contributed by atoms with Gasteiger partial charge in [0.05, 0.1) is 18.8 Å². The fourth-order valence-electron chi connectivity index (χ4n) is 2.65. The number of ether oxygens (including phenoxy) is 1. The lowest BCUT2D eigenvalue weighted by Crippen LogP contribution is -2.29. The molecule has 0 spiro atoms. The summed E-state index contributed by atoms with van der Waals surface area (Å²) in [6.07, 6.45) is 4.75. The van der Waals surface area contributed by atoms with E-state index in [0.29, 0.717) is 24.8 Å². The highest BCUT2D eigenvalue weighted by Gasteiger charge is 2.17. The molecule has 0 saturated carbocycles. The predicted molar refractivity (Wildman–Crippen MR) is 94.3 cm³/mol. The average Bonchev–Trinajstić information content (AvgIpc) is 3.13. The standard InChI is InChI=1S/C15H21N5O2S2/c1-20(8-13-16-10-5-3-4-6-11(10)23-13)7-12(21)17-15-19-18-14(24-15)9-22-2/h3-9H2,1-2H3,(H,17,19,21). The summed E-state index contributed by atoms with van der Waals surface area (Å²) in [7, 11) is 3.53. The fourth-order valence-corrected chi connectivity index (χ4v) is 4.62. The van der Waals surface area contributed by atoms with Gasteiger partial charge in [-0.15, -0.1) is 21.5 Å². The minimum Gasteiger partial charge on any atom is -0.377 e. The molecule has 2 heterocycles. The summed E-state index contributed by atoms with van der Waals surface area (Å²) in [6.45, 7) is 1.39. The fraction of sp³-hybridized carbons (Fsp3) is 0.600. The Hall–Kier alpha value is -1.42. The Morgan fingerprint density at radius 2 is 2.08 bits per heavy atom. The molecule has 0 unspecified atom stereocenters. The SMILES string of the molecule is COCc1nnc(NC(=O)CN(C)Cc2nc3c(s2)CCCC3)s1. The van der Waals surface area contributed by atoms with Gasteiger partial charge in [0.1, 0.15) is 16.6 Å². The number of carbonyl (C=O) groups is 1. The molecular formula is C15H21N5O2S2. The lowest BCUT2D eigenvalue weighted by atomic mass is 10.0. The van der Waals surface area contributed by atoms with Gasteiger partial charge in [-0.3, -0.25) is 15.0 Å². The van der Waals surface area contributed by atoms with E-state index < -0.39 is 0 Å². The molecule has 2 aromatic rings. The monoisotopic (exact) mass is 367 g/mol.